The number of hydrogen-bond donors (Lipinski definition) is 2. The highest BCUT2D eigenvalue weighted by Crippen LogP contribution is 2.36. The number of nitrogens with one attached hydrogen (secondary N) is 1. The number of aryl methyl sites for hydroxylation is 1. The summed E-state index contributed by atoms with van der Waals surface area (Å²) in [5.41, 5.74) is 5.89. The van der Waals surface area contributed by atoms with E-state index in [1.165, 1.54) is 43.5 Å². The van der Waals surface area contributed by atoms with Crippen LogP contribution in [0.1, 0.15) is 63.6 Å². The zero-order valence-corrected chi connectivity index (χ0v) is 13.9. The Morgan fingerprint density at radius 1 is 1.19 bits per heavy atom. The highest BCUT2D eigenvalue weighted by molar-refractivity contribution is 5.28. The van der Waals surface area contributed by atoms with E-state index < -0.39 is 0 Å². The van der Waals surface area contributed by atoms with Crippen LogP contribution in [0.15, 0.2) is 24.3 Å². The topological polar surface area (TPSA) is 41.3 Å². The lowest BCUT2D eigenvalue weighted by Crippen LogP contribution is -2.54. The van der Waals surface area contributed by atoms with Gasteiger partial charge in [-0.3, -0.25) is 16.2 Å². The lowest BCUT2D eigenvalue weighted by Gasteiger charge is -2.44. The van der Waals surface area contributed by atoms with Crippen molar-refractivity contribution in [3.8, 4) is 0 Å². The lowest BCUT2D eigenvalue weighted by atomic mass is 9.83. The van der Waals surface area contributed by atoms with Gasteiger partial charge in [-0.2, -0.15) is 0 Å². The monoisotopic (exact) mass is 289 g/mol. The smallest absolute Gasteiger partial charge is 0.0641 e. The molecule has 1 fully saturated rings. The van der Waals surface area contributed by atoms with Gasteiger partial charge >= 0.3 is 0 Å². The highest BCUT2D eigenvalue weighted by atomic mass is 15.3. The van der Waals surface area contributed by atoms with Crippen molar-refractivity contribution in [3.63, 3.8) is 0 Å². The van der Waals surface area contributed by atoms with Crippen molar-refractivity contribution in [3.05, 3.63) is 35.4 Å². The zero-order chi connectivity index (χ0) is 15.3. The summed E-state index contributed by atoms with van der Waals surface area (Å²) in [6.07, 6.45) is 6.06. The fraction of sp³-hybridized carbons (Fsp3) is 0.667. The third-order valence-corrected chi connectivity index (χ3v) is 5.18. The van der Waals surface area contributed by atoms with E-state index in [4.69, 9.17) is 5.84 Å². The molecule has 2 unspecified atom stereocenters. The first kappa shape index (κ1) is 16.5. The zero-order valence-electron chi connectivity index (χ0n) is 13.9. The minimum atomic E-state index is 0.0809. The van der Waals surface area contributed by atoms with Gasteiger partial charge in [0.25, 0.3) is 0 Å². The van der Waals surface area contributed by atoms with Crippen molar-refractivity contribution < 1.29 is 0 Å². The van der Waals surface area contributed by atoms with Crippen molar-refractivity contribution in [2.75, 3.05) is 13.1 Å². The number of rotatable bonds is 7. The fourth-order valence-electron chi connectivity index (χ4n) is 3.64. The van der Waals surface area contributed by atoms with Crippen LogP contribution in [0, 0.1) is 0 Å². The molecule has 2 rings (SSSR count). The predicted octanol–water partition coefficient (Wildman–Crippen LogP) is 3.41. The Balaban J connectivity index is 2.23. The minimum absolute atomic E-state index is 0.0809. The second-order valence-electron chi connectivity index (χ2n) is 6.50. The molecular weight excluding hydrogens is 258 g/mol. The summed E-state index contributed by atoms with van der Waals surface area (Å²) in [6, 6.07) is 9.18. The van der Waals surface area contributed by atoms with Gasteiger partial charge in [0.15, 0.2) is 0 Å². The molecule has 0 saturated carbocycles. The Labute approximate surface area is 129 Å². The molecule has 1 heterocycles. The molecule has 1 aromatic rings. The maximum atomic E-state index is 5.95. The Morgan fingerprint density at radius 3 is 2.29 bits per heavy atom. The number of nitrogens with zero attached hydrogens (tertiary/aromatic N) is 1. The maximum absolute atomic E-state index is 5.95. The third kappa shape index (κ3) is 3.47. The van der Waals surface area contributed by atoms with E-state index in [0.29, 0.717) is 0 Å². The van der Waals surface area contributed by atoms with Crippen LogP contribution in [-0.2, 0) is 6.42 Å². The molecule has 3 N–H and O–H groups in total. The molecule has 0 spiro atoms. The summed E-state index contributed by atoms with van der Waals surface area (Å²) in [4.78, 5) is 2.61. The largest absolute Gasteiger partial charge is 0.296 e. The summed E-state index contributed by atoms with van der Waals surface area (Å²) in [5.74, 6) is 5.95. The van der Waals surface area contributed by atoms with Crippen LogP contribution in [0.3, 0.4) is 0 Å². The third-order valence-electron chi connectivity index (χ3n) is 5.18. The number of hydrazine groups is 1. The van der Waals surface area contributed by atoms with Crippen molar-refractivity contribution in [2.24, 2.45) is 5.84 Å². The van der Waals surface area contributed by atoms with Crippen LogP contribution in [-0.4, -0.2) is 23.5 Å². The quantitative estimate of drug-likeness (QED) is 0.597. The van der Waals surface area contributed by atoms with Gasteiger partial charge in [-0.1, -0.05) is 44.5 Å². The van der Waals surface area contributed by atoms with Gasteiger partial charge < -0.3 is 0 Å². The second kappa shape index (κ2) is 7.39. The number of hydrogen-bond acceptors (Lipinski definition) is 3. The number of benzene rings is 1. The van der Waals surface area contributed by atoms with E-state index in [-0.39, 0.29) is 11.6 Å². The van der Waals surface area contributed by atoms with Gasteiger partial charge in [-0.05, 0) is 56.8 Å². The number of nitrogens with two attached hydrogens (primary N) is 1. The Hall–Kier alpha value is -0.900. The van der Waals surface area contributed by atoms with E-state index in [1.807, 2.05) is 0 Å². The van der Waals surface area contributed by atoms with Crippen LogP contribution in [0.4, 0.5) is 0 Å². The molecule has 1 aliphatic heterocycles. The first-order chi connectivity index (χ1) is 10.2. The molecule has 1 aromatic carbocycles. The SMILES string of the molecule is CCCc1ccc(C(NN)C(C)(CC)N2CCCC2)cc1. The van der Waals surface area contributed by atoms with Gasteiger partial charge in [0.2, 0.25) is 0 Å². The fourth-order valence-corrected chi connectivity index (χ4v) is 3.64. The Kier molecular flexibility index (Phi) is 5.80. The summed E-state index contributed by atoms with van der Waals surface area (Å²) in [5, 5.41) is 0. The standard InChI is InChI=1S/C18H31N3/c1-4-8-15-9-11-16(12-10-15)17(20-19)18(3,5-2)21-13-6-7-14-21/h9-12,17,20H,4-8,13-14,19H2,1-3H3. The van der Waals surface area contributed by atoms with E-state index in [1.54, 1.807) is 0 Å². The molecule has 0 bridgehead atoms. The Bertz CT molecular complexity index is 423. The van der Waals surface area contributed by atoms with Crippen LogP contribution < -0.4 is 11.3 Å². The molecular formula is C18H31N3. The summed E-state index contributed by atoms with van der Waals surface area (Å²) in [7, 11) is 0. The van der Waals surface area contributed by atoms with Crippen molar-refractivity contribution in [1.29, 1.82) is 0 Å². The highest BCUT2D eigenvalue weighted by Gasteiger charge is 2.39. The van der Waals surface area contributed by atoms with E-state index in [0.717, 1.165) is 12.8 Å². The molecule has 0 amide bonds. The molecule has 0 aromatic heterocycles. The van der Waals surface area contributed by atoms with Crippen LogP contribution in [0.2, 0.25) is 0 Å². The molecule has 1 aliphatic rings. The van der Waals surface area contributed by atoms with Crippen molar-refractivity contribution in [2.45, 2.75) is 64.5 Å². The normalized spacial score (nSPS) is 20.4. The minimum Gasteiger partial charge on any atom is -0.296 e. The predicted molar refractivity (Wildman–Crippen MR) is 90.0 cm³/mol. The molecule has 0 radical (unpaired) electrons. The number of likely N-dealkylation sites (tertiary alicyclic amines) is 1. The van der Waals surface area contributed by atoms with Gasteiger partial charge in [-0.15, -0.1) is 0 Å². The summed E-state index contributed by atoms with van der Waals surface area (Å²) < 4.78 is 0. The first-order valence-electron chi connectivity index (χ1n) is 8.45. The van der Waals surface area contributed by atoms with E-state index in [9.17, 15) is 0 Å². The molecule has 0 aliphatic carbocycles. The summed E-state index contributed by atoms with van der Waals surface area (Å²) >= 11 is 0. The van der Waals surface area contributed by atoms with Crippen molar-refractivity contribution in [1.82, 2.24) is 10.3 Å². The molecule has 1 saturated heterocycles. The molecule has 3 heteroatoms. The average molecular weight is 289 g/mol. The molecule has 118 valence electrons. The molecule has 3 nitrogen and oxygen atoms in total. The maximum Gasteiger partial charge on any atom is 0.0641 e. The second-order valence-corrected chi connectivity index (χ2v) is 6.50. The van der Waals surface area contributed by atoms with E-state index >= 15 is 0 Å². The van der Waals surface area contributed by atoms with Gasteiger partial charge in [-0.25, -0.2) is 0 Å². The van der Waals surface area contributed by atoms with E-state index in [2.05, 4.69) is 55.4 Å². The first-order valence-corrected chi connectivity index (χ1v) is 8.45. The van der Waals surface area contributed by atoms with Crippen molar-refractivity contribution >= 4 is 0 Å². The molecule has 21 heavy (non-hydrogen) atoms. The van der Waals surface area contributed by atoms with Gasteiger partial charge in [0.1, 0.15) is 0 Å². The Morgan fingerprint density at radius 2 is 1.81 bits per heavy atom. The van der Waals surface area contributed by atoms with Crippen LogP contribution in [0.5, 0.6) is 0 Å². The van der Waals surface area contributed by atoms with Crippen LogP contribution in [0.25, 0.3) is 0 Å². The van der Waals surface area contributed by atoms with Gasteiger partial charge in [0.05, 0.1) is 6.04 Å². The lowest BCUT2D eigenvalue weighted by molar-refractivity contribution is 0.0840. The molecule has 2 atom stereocenters. The summed E-state index contributed by atoms with van der Waals surface area (Å²) in [6.45, 7) is 9.23. The van der Waals surface area contributed by atoms with Gasteiger partial charge in [0, 0.05) is 5.54 Å². The average Bonchev–Trinajstić information content (AvgIpc) is 3.04. The van der Waals surface area contributed by atoms with Crippen LogP contribution >= 0.6 is 0 Å².